The van der Waals surface area contributed by atoms with Gasteiger partial charge < -0.3 is 9.64 Å². The van der Waals surface area contributed by atoms with E-state index in [0.29, 0.717) is 17.8 Å². The zero-order chi connectivity index (χ0) is 18.5. The second kappa shape index (κ2) is 8.77. The molecule has 3 rings (SSSR count). The van der Waals surface area contributed by atoms with E-state index in [0.717, 1.165) is 35.2 Å². The van der Waals surface area contributed by atoms with E-state index < -0.39 is 5.97 Å². The minimum Gasteiger partial charge on any atom is -0.464 e. The number of carbonyl (C=O) groups excluding carboxylic acids is 2. The number of ether oxygens (including phenoxy) is 1. The molecule has 0 atom stereocenters. The number of methoxy groups -OCH3 is 1. The lowest BCUT2D eigenvalue weighted by Gasteiger charge is -2.34. The summed E-state index contributed by atoms with van der Waals surface area (Å²) in [7, 11) is 1.34. The molecule has 138 valence electrons. The van der Waals surface area contributed by atoms with Crippen molar-refractivity contribution in [2.24, 2.45) is 0 Å². The van der Waals surface area contributed by atoms with Crippen molar-refractivity contribution in [3.05, 3.63) is 50.4 Å². The van der Waals surface area contributed by atoms with Gasteiger partial charge >= 0.3 is 5.97 Å². The largest absolute Gasteiger partial charge is 0.464 e. The molecule has 0 unspecified atom stereocenters. The number of thiazole rings is 1. The van der Waals surface area contributed by atoms with Crippen molar-refractivity contribution in [3.8, 4) is 0 Å². The van der Waals surface area contributed by atoms with Crippen LogP contribution < -0.4 is 0 Å². The summed E-state index contributed by atoms with van der Waals surface area (Å²) in [6.07, 6.45) is 5.51. The van der Waals surface area contributed by atoms with E-state index in [1.54, 1.807) is 5.38 Å². The topological polar surface area (TPSA) is 59.5 Å². The van der Waals surface area contributed by atoms with E-state index in [4.69, 9.17) is 4.74 Å². The van der Waals surface area contributed by atoms with Crippen LogP contribution in [-0.4, -0.2) is 34.9 Å². The van der Waals surface area contributed by atoms with Gasteiger partial charge in [0.1, 0.15) is 5.01 Å². The summed E-state index contributed by atoms with van der Waals surface area (Å²) in [5.41, 5.74) is 0.959. The van der Waals surface area contributed by atoms with Gasteiger partial charge in [-0.15, -0.1) is 11.3 Å². The Balaban J connectivity index is 1.84. The van der Waals surface area contributed by atoms with Crippen LogP contribution in [0.3, 0.4) is 0 Å². The molecule has 2 aromatic rings. The van der Waals surface area contributed by atoms with Crippen molar-refractivity contribution in [3.63, 3.8) is 0 Å². The average Bonchev–Trinajstić information content (AvgIpc) is 3.14. The predicted octanol–water partition coefficient (Wildman–Crippen LogP) is 4.67. The lowest BCUT2D eigenvalue weighted by molar-refractivity contribution is 0.0594. The third-order valence-electron chi connectivity index (χ3n) is 4.60. The van der Waals surface area contributed by atoms with Gasteiger partial charge in [0.2, 0.25) is 0 Å². The zero-order valence-corrected chi connectivity index (χ0v) is 17.0. The highest BCUT2D eigenvalue weighted by Gasteiger charge is 2.27. The smallest absolute Gasteiger partial charge is 0.357 e. The number of benzene rings is 1. The second-order valence-corrected chi connectivity index (χ2v) is 8.21. The highest BCUT2D eigenvalue weighted by atomic mass is 79.9. The molecule has 1 aliphatic carbocycles. The molecule has 7 heteroatoms. The fraction of sp³-hybridized carbons (Fsp3) is 0.421. The van der Waals surface area contributed by atoms with Crippen molar-refractivity contribution in [1.82, 2.24) is 9.88 Å². The van der Waals surface area contributed by atoms with Gasteiger partial charge in [-0.1, -0.05) is 41.3 Å². The lowest BCUT2D eigenvalue weighted by Crippen LogP contribution is -2.41. The van der Waals surface area contributed by atoms with E-state index in [9.17, 15) is 9.59 Å². The molecular formula is C19H21BrN2O3S. The van der Waals surface area contributed by atoms with Crippen LogP contribution in [0.1, 0.15) is 58.0 Å². The van der Waals surface area contributed by atoms with Crippen LogP contribution in [-0.2, 0) is 11.3 Å². The molecule has 0 radical (unpaired) electrons. The van der Waals surface area contributed by atoms with Gasteiger partial charge in [0.25, 0.3) is 5.91 Å². The second-order valence-electron chi connectivity index (χ2n) is 6.35. The number of aromatic nitrogens is 1. The maximum absolute atomic E-state index is 13.2. The molecule has 1 saturated carbocycles. The number of carbonyl (C=O) groups is 2. The third-order valence-corrected chi connectivity index (χ3v) is 5.93. The van der Waals surface area contributed by atoms with Gasteiger partial charge in [0.15, 0.2) is 5.69 Å². The summed E-state index contributed by atoms with van der Waals surface area (Å²) in [4.78, 5) is 31.1. The van der Waals surface area contributed by atoms with Crippen LogP contribution >= 0.6 is 27.3 Å². The number of hydrogen-bond donors (Lipinski definition) is 0. The van der Waals surface area contributed by atoms with Crippen LogP contribution in [0.25, 0.3) is 0 Å². The molecule has 26 heavy (non-hydrogen) atoms. The molecular weight excluding hydrogens is 416 g/mol. The molecule has 0 spiro atoms. The summed E-state index contributed by atoms with van der Waals surface area (Å²) in [6, 6.07) is 7.67. The Bertz CT molecular complexity index is 787. The molecule has 0 saturated heterocycles. The van der Waals surface area contributed by atoms with Crippen LogP contribution in [0.2, 0.25) is 0 Å². The maximum Gasteiger partial charge on any atom is 0.357 e. The first-order chi connectivity index (χ1) is 12.6. The number of halogens is 1. The van der Waals surface area contributed by atoms with Crippen LogP contribution in [0.4, 0.5) is 0 Å². The number of amides is 1. The molecule has 1 aromatic heterocycles. The minimum atomic E-state index is -0.449. The first-order valence-electron chi connectivity index (χ1n) is 8.67. The van der Waals surface area contributed by atoms with Gasteiger partial charge in [0, 0.05) is 21.5 Å². The van der Waals surface area contributed by atoms with Gasteiger partial charge in [-0.3, -0.25) is 4.79 Å². The summed E-state index contributed by atoms with van der Waals surface area (Å²) in [6.45, 7) is 0.414. The fourth-order valence-electron chi connectivity index (χ4n) is 3.27. The normalized spacial score (nSPS) is 14.8. The molecule has 0 N–H and O–H groups in total. The van der Waals surface area contributed by atoms with Crippen LogP contribution in [0, 0.1) is 0 Å². The summed E-state index contributed by atoms with van der Waals surface area (Å²) >= 11 is 4.82. The highest BCUT2D eigenvalue weighted by molar-refractivity contribution is 9.10. The van der Waals surface area contributed by atoms with Crippen molar-refractivity contribution in [1.29, 1.82) is 0 Å². The van der Waals surface area contributed by atoms with Gasteiger partial charge in [-0.25, -0.2) is 9.78 Å². The van der Waals surface area contributed by atoms with E-state index in [2.05, 4.69) is 20.9 Å². The first kappa shape index (κ1) is 19.0. The van der Waals surface area contributed by atoms with Crippen LogP contribution in [0.15, 0.2) is 34.1 Å². The van der Waals surface area contributed by atoms with Crippen molar-refractivity contribution in [2.45, 2.75) is 44.7 Å². The SMILES string of the molecule is COC(=O)c1csc(CN(C(=O)c2cccc(Br)c2)C2CCCCC2)n1. The van der Waals surface area contributed by atoms with Gasteiger partial charge in [-0.05, 0) is 31.0 Å². The molecule has 1 aliphatic rings. The van der Waals surface area contributed by atoms with Crippen molar-refractivity contribution in [2.75, 3.05) is 7.11 Å². The number of hydrogen-bond acceptors (Lipinski definition) is 5. The molecule has 1 aromatic carbocycles. The lowest BCUT2D eigenvalue weighted by atomic mass is 9.93. The van der Waals surface area contributed by atoms with Crippen molar-refractivity contribution < 1.29 is 14.3 Å². The standard InChI is InChI=1S/C19H21BrN2O3S/c1-25-19(24)16-12-26-17(21-16)11-22(15-8-3-2-4-9-15)18(23)13-6-5-7-14(20)10-13/h5-7,10,12,15H,2-4,8-9,11H2,1H3. The van der Waals surface area contributed by atoms with E-state index >= 15 is 0 Å². The Morgan fingerprint density at radius 3 is 2.77 bits per heavy atom. The van der Waals surface area contributed by atoms with E-state index in [-0.39, 0.29) is 11.9 Å². The predicted molar refractivity (Wildman–Crippen MR) is 104 cm³/mol. The molecule has 1 heterocycles. The molecule has 5 nitrogen and oxygen atoms in total. The Kier molecular flexibility index (Phi) is 6.43. The Morgan fingerprint density at radius 1 is 1.31 bits per heavy atom. The number of esters is 1. The minimum absolute atomic E-state index is 0.00742. The summed E-state index contributed by atoms with van der Waals surface area (Å²) < 4.78 is 5.60. The van der Waals surface area contributed by atoms with Gasteiger partial charge in [-0.2, -0.15) is 0 Å². The van der Waals surface area contributed by atoms with Crippen LogP contribution in [0.5, 0.6) is 0 Å². The average molecular weight is 437 g/mol. The highest BCUT2D eigenvalue weighted by Crippen LogP contribution is 2.27. The first-order valence-corrected chi connectivity index (χ1v) is 10.3. The van der Waals surface area contributed by atoms with E-state index in [1.807, 2.05) is 29.2 Å². The zero-order valence-electron chi connectivity index (χ0n) is 14.6. The number of rotatable bonds is 5. The third kappa shape index (κ3) is 4.51. The van der Waals surface area contributed by atoms with Crippen molar-refractivity contribution >= 4 is 39.1 Å². The molecule has 1 fully saturated rings. The summed E-state index contributed by atoms with van der Waals surface area (Å²) in [5.74, 6) is -0.442. The Morgan fingerprint density at radius 2 is 2.08 bits per heavy atom. The number of nitrogens with zero attached hydrogens (tertiary/aromatic N) is 2. The molecule has 0 aliphatic heterocycles. The summed E-state index contributed by atoms with van der Waals surface area (Å²) in [5, 5.41) is 2.43. The fourth-order valence-corrected chi connectivity index (χ4v) is 4.43. The van der Waals surface area contributed by atoms with Gasteiger partial charge in [0.05, 0.1) is 13.7 Å². The molecule has 1 amide bonds. The van der Waals surface area contributed by atoms with E-state index in [1.165, 1.54) is 24.9 Å². The monoisotopic (exact) mass is 436 g/mol. The molecule has 0 bridgehead atoms. The Labute approximate surface area is 165 Å². The Hall–Kier alpha value is -1.73. The maximum atomic E-state index is 13.2. The quantitative estimate of drug-likeness (QED) is 0.638.